The van der Waals surface area contributed by atoms with Crippen LogP contribution in [0.25, 0.3) is 0 Å². The van der Waals surface area contributed by atoms with Crippen LogP contribution in [-0.4, -0.2) is 37.3 Å². The van der Waals surface area contributed by atoms with Crippen LogP contribution in [0.1, 0.15) is 18.5 Å². The molecule has 0 saturated carbocycles. The number of aromatic nitrogens is 1. The molecule has 1 aromatic rings. The number of hydrogen-bond acceptors (Lipinski definition) is 5. The zero-order chi connectivity index (χ0) is 13.3. The quantitative estimate of drug-likeness (QED) is 0.825. The second-order valence-electron chi connectivity index (χ2n) is 4.53. The molecule has 0 bridgehead atoms. The Balaban J connectivity index is 2.31. The van der Waals surface area contributed by atoms with E-state index in [0.29, 0.717) is 25.3 Å². The third kappa shape index (κ3) is 2.51. The molecule has 1 fully saturated rings. The summed E-state index contributed by atoms with van der Waals surface area (Å²) >= 11 is 0.752. The van der Waals surface area contributed by atoms with Crippen LogP contribution in [0.2, 0.25) is 0 Å². The van der Waals surface area contributed by atoms with Crippen molar-refractivity contribution in [3.8, 4) is 0 Å². The number of nitrogens with zero attached hydrogens (tertiary/aromatic N) is 1. The molecule has 0 aliphatic carbocycles. The lowest BCUT2D eigenvalue weighted by atomic mass is 10.0. The van der Waals surface area contributed by atoms with Crippen molar-refractivity contribution in [3.63, 3.8) is 0 Å². The average molecular weight is 291 g/mol. The molecule has 102 valence electrons. The van der Waals surface area contributed by atoms with Gasteiger partial charge in [-0.05, 0) is 32.2 Å². The number of piperidine rings is 1. The normalized spacial score (nSPS) is 22.2. The van der Waals surface area contributed by atoms with Crippen molar-refractivity contribution in [1.82, 2.24) is 9.29 Å². The summed E-state index contributed by atoms with van der Waals surface area (Å²) in [6.45, 7) is 3.05. The zero-order valence-corrected chi connectivity index (χ0v) is 11.8. The van der Waals surface area contributed by atoms with Crippen LogP contribution >= 0.6 is 11.3 Å². The molecule has 1 aliphatic heterocycles. The Bertz CT molecular complexity index is 575. The van der Waals surface area contributed by atoms with E-state index in [2.05, 4.69) is 4.98 Å². The maximum absolute atomic E-state index is 12.4. The van der Waals surface area contributed by atoms with Crippen molar-refractivity contribution in [3.05, 3.63) is 15.4 Å². The van der Waals surface area contributed by atoms with E-state index in [0.717, 1.165) is 24.2 Å². The third-order valence-corrected chi connectivity index (χ3v) is 6.62. The van der Waals surface area contributed by atoms with E-state index in [9.17, 15) is 13.2 Å². The van der Waals surface area contributed by atoms with Gasteiger partial charge in [-0.3, -0.25) is 4.79 Å². The molecule has 0 radical (unpaired) electrons. The number of aromatic amines is 1. The van der Waals surface area contributed by atoms with Crippen molar-refractivity contribution in [2.75, 3.05) is 19.6 Å². The third-order valence-electron chi connectivity index (χ3n) is 3.17. The Morgan fingerprint density at radius 2 is 2.28 bits per heavy atom. The van der Waals surface area contributed by atoms with Crippen LogP contribution in [0.15, 0.2) is 9.00 Å². The highest BCUT2D eigenvalue weighted by molar-refractivity contribution is 7.91. The van der Waals surface area contributed by atoms with Gasteiger partial charge in [0.25, 0.3) is 10.0 Å². The van der Waals surface area contributed by atoms with Crippen LogP contribution in [-0.2, 0) is 10.0 Å². The Hall–Kier alpha value is -0.700. The zero-order valence-electron chi connectivity index (χ0n) is 10.2. The maximum atomic E-state index is 12.4. The molecule has 1 saturated heterocycles. The van der Waals surface area contributed by atoms with Gasteiger partial charge in [-0.15, -0.1) is 0 Å². The Labute approximate surface area is 110 Å². The fourth-order valence-corrected chi connectivity index (χ4v) is 5.18. The molecule has 8 heteroatoms. The Morgan fingerprint density at radius 3 is 2.83 bits per heavy atom. The van der Waals surface area contributed by atoms with Gasteiger partial charge < -0.3 is 10.7 Å². The summed E-state index contributed by atoms with van der Waals surface area (Å²) < 4.78 is 26.4. The number of thiazole rings is 1. The van der Waals surface area contributed by atoms with E-state index in [1.54, 1.807) is 6.92 Å². The summed E-state index contributed by atoms with van der Waals surface area (Å²) in [5, 5.41) is 0. The molecule has 6 nitrogen and oxygen atoms in total. The number of rotatable bonds is 3. The Kier molecular flexibility index (Phi) is 3.90. The van der Waals surface area contributed by atoms with E-state index in [1.807, 2.05) is 0 Å². The Morgan fingerprint density at radius 1 is 1.56 bits per heavy atom. The van der Waals surface area contributed by atoms with E-state index >= 15 is 0 Å². The number of nitrogens with one attached hydrogen (secondary N) is 1. The lowest BCUT2D eigenvalue weighted by molar-refractivity contribution is 0.272. The number of hydrogen-bond donors (Lipinski definition) is 2. The molecule has 1 aromatic heterocycles. The van der Waals surface area contributed by atoms with Crippen molar-refractivity contribution < 1.29 is 8.42 Å². The monoisotopic (exact) mass is 291 g/mol. The van der Waals surface area contributed by atoms with Gasteiger partial charge in [0.1, 0.15) is 0 Å². The average Bonchev–Trinajstić information content (AvgIpc) is 2.69. The predicted molar refractivity (Wildman–Crippen MR) is 70.2 cm³/mol. The van der Waals surface area contributed by atoms with Gasteiger partial charge >= 0.3 is 4.87 Å². The fourth-order valence-electron chi connectivity index (χ4n) is 2.19. The molecular weight excluding hydrogens is 274 g/mol. The minimum atomic E-state index is -3.55. The van der Waals surface area contributed by atoms with Crippen molar-refractivity contribution in [2.24, 2.45) is 11.7 Å². The van der Waals surface area contributed by atoms with Crippen LogP contribution < -0.4 is 10.6 Å². The largest absolute Gasteiger partial charge is 0.330 e. The molecule has 2 heterocycles. The van der Waals surface area contributed by atoms with Crippen molar-refractivity contribution in [2.45, 2.75) is 24.0 Å². The van der Waals surface area contributed by atoms with Crippen LogP contribution in [0.5, 0.6) is 0 Å². The summed E-state index contributed by atoms with van der Waals surface area (Å²) in [6.07, 6.45) is 1.78. The predicted octanol–water partition coefficient (Wildman–Crippen LogP) is 0.104. The highest BCUT2D eigenvalue weighted by Gasteiger charge is 2.32. The first-order chi connectivity index (χ1) is 8.45. The number of aryl methyl sites for hydroxylation is 1. The fraction of sp³-hybridized carbons (Fsp3) is 0.700. The SMILES string of the molecule is Cc1[nH]c(=O)sc1S(=O)(=O)N1CCCC(CN)C1. The second kappa shape index (κ2) is 5.12. The first kappa shape index (κ1) is 13.7. The minimum absolute atomic E-state index is 0.130. The second-order valence-corrected chi connectivity index (χ2v) is 7.65. The summed E-state index contributed by atoms with van der Waals surface area (Å²) in [4.78, 5) is 13.4. The first-order valence-corrected chi connectivity index (χ1v) is 8.10. The van der Waals surface area contributed by atoms with Gasteiger partial charge in [-0.1, -0.05) is 11.3 Å². The topological polar surface area (TPSA) is 96.3 Å². The lowest BCUT2D eigenvalue weighted by Gasteiger charge is -2.30. The molecule has 18 heavy (non-hydrogen) atoms. The smallest absolute Gasteiger partial charge is 0.305 e. The standard InChI is InChI=1S/C10H17N3O3S2/c1-7-9(17-10(14)12-7)18(15,16)13-4-2-3-8(5-11)6-13/h8H,2-6,11H2,1H3,(H,12,14). The summed E-state index contributed by atoms with van der Waals surface area (Å²) in [6, 6.07) is 0. The van der Waals surface area contributed by atoms with Gasteiger partial charge in [0, 0.05) is 18.8 Å². The van der Waals surface area contributed by atoms with Crippen molar-refractivity contribution in [1.29, 1.82) is 0 Å². The number of H-pyrrole nitrogens is 1. The molecule has 2 rings (SSSR count). The number of sulfonamides is 1. The summed E-state index contributed by atoms with van der Waals surface area (Å²) in [5.74, 6) is 0.212. The summed E-state index contributed by atoms with van der Waals surface area (Å²) in [7, 11) is -3.55. The molecule has 0 amide bonds. The molecular formula is C10H17N3O3S2. The highest BCUT2D eigenvalue weighted by Crippen LogP contribution is 2.25. The molecule has 1 atom stereocenters. The van der Waals surface area contributed by atoms with Crippen LogP contribution in [0.4, 0.5) is 0 Å². The molecule has 0 spiro atoms. The van der Waals surface area contributed by atoms with Crippen LogP contribution in [0.3, 0.4) is 0 Å². The van der Waals surface area contributed by atoms with Gasteiger partial charge in [0.2, 0.25) is 0 Å². The highest BCUT2D eigenvalue weighted by atomic mass is 32.2. The van der Waals surface area contributed by atoms with Gasteiger partial charge in [-0.25, -0.2) is 8.42 Å². The molecule has 0 aromatic carbocycles. The lowest BCUT2D eigenvalue weighted by Crippen LogP contribution is -2.41. The van der Waals surface area contributed by atoms with E-state index in [-0.39, 0.29) is 15.0 Å². The van der Waals surface area contributed by atoms with E-state index in [4.69, 9.17) is 5.73 Å². The van der Waals surface area contributed by atoms with Crippen molar-refractivity contribution >= 4 is 21.4 Å². The van der Waals surface area contributed by atoms with Gasteiger partial charge in [-0.2, -0.15) is 4.31 Å². The first-order valence-electron chi connectivity index (χ1n) is 5.85. The van der Waals surface area contributed by atoms with Gasteiger partial charge in [0.05, 0.1) is 0 Å². The number of nitrogens with two attached hydrogens (primary N) is 1. The van der Waals surface area contributed by atoms with E-state index in [1.165, 1.54) is 4.31 Å². The minimum Gasteiger partial charge on any atom is -0.330 e. The van der Waals surface area contributed by atoms with Gasteiger partial charge in [0.15, 0.2) is 4.21 Å². The molecule has 3 N–H and O–H groups in total. The summed E-state index contributed by atoms with van der Waals surface area (Å²) in [5.41, 5.74) is 6.02. The molecule has 1 aliphatic rings. The molecule has 1 unspecified atom stereocenters. The van der Waals surface area contributed by atoms with Crippen LogP contribution in [0, 0.1) is 12.8 Å². The maximum Gasteiger partial charge on any atom is 0.305 e. The van der Waals surface area contributed by atoms with E-state index < -0.39 is 10.0 Å².